The van der Waals surface area contributed by atoms with E-state index in [1.165, 1.54) is 154 Å². The van der Waals surface area contributed by atoms with Crippen LogP contribution >= 0.6 is 15.6 Å². The molecular formula is C70H136O17P2. The van der Waals surface area contributed by atoms with Crippen LogP contribution in [0.25, 0.3) is 0 Å². The van der Waals surface area contributed by atoms with Gasteiger partial charge in [-0.25, -0.2) is 9.13 Å². The Morgan fingerprint density at radius 1 is 0.326 bits per heavy atom. The number of ether oxygens (including phenoxy) is 4. The fourth-order valence-corrected chi connectivity index (χ4v) is 12.1. The maximum absolute atomic E-state index is 13.0. The van der Waals surface area contributed by atoms with Crippen molar-refractivity contribution in [3.05, 3.63) is 0 Å². The third-order valence-electron chi connectivity index (χ3n) is 16.5. The fraction of sp³-hybridized carbons (Fsp3) is 0.943. The largest absolute Gasteiger partial charge is 0.472 e. The number of phosphoric ester groups is 2. The van der Waals surface area contributed by atoms with Crippen LogP contribution in [0.2, 0.25) is 0 Å². The van der Waals surface area contributed by atoms with Crippen LogP contribution in [0.5, 0.6) is 0 Å². The summed E-state index contributed by atoms with van der Waals surface area (Å²) in [5.74, 6) is 0.0693. The summed E-state index contributed by atoms with van der Waals surface area (Å²) >= 11 is 0. The summed E-state index contributed by atoms with van der Waals surface area (Å²) in [7, 11) is -9.90. The van der Waals surface area contributed by atoms with Crippen molar-refractivity contribution in [3.8, 4) is 0 Å². The van der Waals surface area contributed by atoms with Crippen molar-refractivity contribution in [2.24, 2.45) is 17.8 Å². The maximum atomic E-state index is 13.0. The number of phosphoric acid groups is 2. The number of carbonyl (C=O) groups is 4. The van der Waals surface area contributed by atoms with Crippen molar-refractivity contribution < 1.29 is 80.2 Å². The molecule has 528 valence electrons. The molecule has 0 fully saturated rings. The fourth-order valence-electron chi connectivity index (χ4n) is 10.5. The average molecular weight is 1310 g/mol. The van der Waals surface area contributed by atoms with E-state index in [1.54, 1.807) is 0 Å². The van der Waals surface area contributed by atoms with Crippen molar-refractivity contribution in [2.45, 2.75) is 369 Å². The van der Waals surface area contributed by atoms with Crippen molar-refractivity contribution in [3.63, 3.8) is 0 Å². The summed E-state index contributed by atoms with van der Waals surface area (Å²) in [4.78, 5) is 72.5. The lowest BCUT2D eigenvalue weighted by molar-refractivity contribution is -0.161. The Morgan fingerprint density at radius 3 is 0.854 bits per heavy atom. The van der Waals surface area contributed by atoms with Crippen molar-refractivity contribution >= 4 is 39.5 Å². The first-order chi connectivity index (χ1) is 42.8. The highest BCUT2D eigenvalue weighted by Crippen LogP contribution is 2.45. The lowest BCUT2D eigenvalue weighted by atomic mass is 10.00. The van der Waals surface area contributed by atoms with Crippen LogP contribution in [-0.2, 0) is 65.4 Å². The Balaban J connectivity index is 5.25. The van der Waals surface area contributed by atoms with Gasteiger partial charge in [0.1, 0.15) is 19.3 Å². The number of aliphatic hydroxyl groups is 1. The van der Waals surface area contributed by atoms with Gasteiger partial charge < -0.3 is 33.8 Å². The summed E-state index contributed by atoms with van der Waals surface area (Å²) in [6.07, 6.45) is 44.5. The van der Waals surface area contributed by atoms with Crippen molar-refractivity contribution in [2.75, 3.05) is 39.6 Å². The minimum Gasteiger partial charge on any atom is -0.462 e. The van der Waals surface area contributed by atoms with Crippen LogP contribution in [0.1, 0.15) is 350 Å². The van der Waals surface area contributed by atoms with Gasteiger partial charge in [-0.1, -0.05) is 299 Å². The summed E-state index contributed by atoms with van der Waals surface area (Å²) in [5, 5.41) is 10.6. The van der Waals surface area contributed by atoms with Gasteiger partial charge in [-0.05, 0) is 43.4 Å². The molecule has 0 saturated carbocycles. The lowest BCUT2D eigenvalue weighted by Crippen LogP contribution is -2.30. The Kier molecular flexibility index (Phi) is 59.6. The van der Waals surface area contributed by atoms with E-state index in [9.17, 15) is 43.2 Å². The molecule has 0 aliphatic heterocycles. The van der Waals surface area contributed by atoms with Gasteiger partial charge in [-0.3, -0.25) is 37.3 Å². The number of aliphatic hydroxyl groups excluding tert-OH is 1. The molecule has 0 radical (unpaired) electrons. The number of esters is 4. The van der Waals surface area contributed by atoms with Crippen LogP contribution in [0.4, 0.5) is 0 Å². The molecule has 0 amide bonds. The van der Waals surface area contributed by atoms with Crippen molar-refractivity contribution in [1.29, 1.82) is 0 Å². The normalized spacial score (nSPS) is 14.5. The maximum Gasteiger partial charge on any atom is 0.472 e. The second kappa shape index (κ2) is 61.0. The average Bonchev–Trinajstić information content (AvgIpc) is 3.69. The monoisotopic (exact) mass is 1310 g/mol. The predicted molar refractivity (Wildman–Crippen MR) is 358 cm³/mol. The van der Waals surface area contributed by atoms with E-state index >= 15 is 0 Å². The van der Waals surface area contributed by atoms with Crippen LogP contribution < -0.4 is 0 Å². The number of hydrogen-bond donors (Lipinski definition) is 3. The summed E-state index contributed by atoms with van der Waals surface area (Å²) < 4.78 is 68.3. The molecule has 0 aromatic heterocycles. The number of rotatable bonds is 68. The Labute approximate surface area is 543 Å². The van der Waals surface area contributed by atoms with E-state index in [-0.39, 0.29) is 25.7 Å². The molecule has 0 aromatic carbocycles. The van der Waals surface area contributed by atoms with Crippen LogP contribution in [0.3, 0.4) is 0 Å². The molecule has 0 rings (SSSR count). The second-order valence-corrected chi connectivity index (χ2v) is 29.4. The quantitative estimate of drug-likeness (QED) is 0.0222. The summed E-state index contributed by atoms with van der Waals surface area (Å²) in [6.45, 7) is 11.8. The predicted octanol–water partition coefficient (Wildman–Crippen LogP) is 19.8. The van der Waals surface area contributed by atoms with Gasteiger partial charge in [-0.2, -0.15) is 0 Å². The smallest absolute Gasteiger partial charge is 0.462 e. The van der Waals surface area contributed by atoms with Crippen LogP contribution in [-0.4, -0.2) is 96.7 Å². The standard InChI is InChI=1S/C70H136O17P2/c1-8-10-11-12-13-14-15-16-17-18-21-25-30-39-46-53-69(74)86-65(57-80-67(72)51-44-37-29-24-22-19-20-23-27-34-41-48-61(3)4)59-84-88(76,77)82-55-64(71)56-83-89(78,79)85-60-66(87-70(75)54-47-40-31-26-28-35-42-49-62(5)6)58-81-68(73)52-45-38-33-32-36-43-50-63(7)9-2/h61-66,71H,8-60H2,1-7H3,(H,76,77)(H,78,79)/t63?,64-,65-,66-/m1/s1. The van der Waals surface area contributed by atoms with E-state index in [4.69, 9.17) is 37.0 Å². The van der Waals surface area contributed by atoms with Gasteiger partial charge >= 0.3 is 39.5 Å². The molecule has 0 aliphatic rings. The molecule has 0 spiro atoms. The Morgan fingerprint density at radius 2 is 0.573 bits per heavy atom. The minimum absolute atomic E-state index is 0.102. The highest BCUT2D eigenvalue weighted by Gasteiger charge is 2.30. The molecule has 89 heavy (non-hydrogen) atoms. The Hall–Kier alpha value is -1.94. The highest BCUT2D eigenvalue weighted by atomic mass is 31.2. The van der Waals surface area contributed by atoms with Gasteiger partial charge in [0.2, 0.25) is 0 Å². The molecule has 0 saturated heterocycles. The topological polar surface area (TPSA) is 237 Å². The van der Waals surface area contributed by atoms with E-state index in [1.807, 2.05) is 0 Å². The van der Waals surface area contributed by atoms with E-state index in [0.29, 0.717) is 31.6 Å². The zero-order chi connectivity index (χ0) is 65.9. The first-order valence-electron chi connectivity index (χ1n) is 36.4. The van der Waals surface area contributed by atoms with E-state index in [0.717, 1.165) is 108 Å². The lowest BCUT2D eigenvalue weighted by Gasteiger charge is -2.21. The van der Waals surface area contributed by atoms with E-state index < -0.39 is 97.5 Å². The molecule has 3 N–H and O–H groups in total. The van der Waals surface area contributed by atoms with Gasteiger partial charge in [0.25, 0.3) is 0 Å². The third kappa shape index (κ3) is 63.2. The molecule has 3 unspecified atom stereocenters. The molecule has 19 heteroatoms. The van der Waals surface area contributed by atoms with Crippen molar-refractivity contribution in [1.82, 2.24) is 0 Å². The Bertz CT molecular complexity index is 1750. The second-order valence-electron chi connectivity index (χ2n) is 26.5. The van der Waals surface area contributed by atoms with Gasteiger partial charge in [-0.15, -0.1) is 0 Å². The zero-order valence-electron chi connectivity index (χ0n) is 57.9. The first kappa shape index (κ1) is 87.1. The van der Waals surface area contributed by atoms with Crippen LogP contribution in [0.15, 0.2) is 0 Å². The molecule has 0 aliphatic carbocycles. The van der Waals surface area contributed by atoms with Gasteiger partial charge in [0, 0.05) is 25.7 Å². The van der Waals surface area contributed by atoms with Gasteiger partial charge in [0.15, 0.2) is 12.2 Å². The molecule has 0 bridgehead atoms. The summed E-state index contributed by atoms with van der Waals surface area (Å²) in [6, 6.07) is 0. The number of unbranched alkanes of at least 4 members (excludes halogenated alkanes) is 35. The molecule has 17 nitrogen and oxygen atoms in total. The molecular weight excluding hydrogens is 1170 g/mol. The SMILES string of the molecule is CCCCCCCCCCCCCCCCCC(=O)O[C@H](COC(=O)CCCCCCCCCCCCCC(C)C)COP(=O)(O)OC[C@@H](O)COP(=O)(O)OC[C@@H](COC(=O)CCCCCCCCC(C)CC)OC(=O)CCCCCCCCCC(C)C. The van der Waals surface area contributed by atoms with Gasteiger partial charge in [0.05, 0.1) is 26.4 Å². The zero-order valence-corrected chi connectivity index (χ0v) is 59.7. The first-order valence-corrected chi connectivity index (χ1v) is 39.4. The molecule has 6 atom stereocenters. The summed E-state index contributed by atoms with van der Waals surface area (Å²) in [5.41, 5.74) is 0. The van der Waals surface area contributed by atoms with E-state index in [2.05, 4.69) is 48.5 Å². The third-order valence-corrected chi connectivity index (χ3v) is 18.4. The highest BCUT2D eigenvalue weighted by molar-refractivity contribution is 7.47. The molecule has 0 heterocycles. The number of hydrogen-bond acceptors (Lipinski definition) is 15. The number of carbonyl (C=O) groups excluding carboxylic acids is 4. The van der Waals surface area contributed by atoms with Crippen LogP contribution in [0, 0.1) is 17.8 Å². The molecule has 0 aromatic rings. The minimum atomic E-state index is -4.95.